The Kier molecular flexibility index (Phi) is 4.67. The molecule has 0 aromatic rings. The Morgan fingerprint density at radius 1 is 1.50 bits per heavy atom. The van der Waals surface area contributed by atoms with Crippen LogP contribution in [0.25, 0.3) is 0 Å². The first kappa shape index (κ1) is 12.3. The highest BCUT2D eigenvalue weighted by molar-refractivity contribution is 7.90. The summed E-state index contributed by atoms with van der Waals surface area (Å²) in [7, 11) is -2.83. The van der Waals surface area contributed by atoms with Gasteiger partial charge in [0.2, 0.25) is 0 Å². The average molecular weight is 241 g/mol. The van der Waals surface area contributed by atoms with Gasteiger partial charge in [-0.05, 0) is 25.2 Å². The molecule has 5 heteroatoms. The number of ether oxygens (including phenoxy) is 1. The summed E-state index contributed by atoms with van der Waals surface area (Å²) in [5, 5.41) is 0.156. The van der Waals surface area contributed by atoms with E-state index in [0.29, 0.717) is 18.9 Å². The van der Waals surface area contributed by atoms with E-state index in [4.69, 9.17) is 16.3 Å². The maximum Gasteiger partial charge on any atom is 0.147 e. The Morgan fingerprint density at radius 3 is 2.79 bits per heavy atom. The van der Waals surface area contributed by atoms with Crippen LogP contribution in [0.3, 0.4) is 0 Å². The molecule has 0 radical (unpaired) electrons. The van der Waals surface area contributed by atoms with Gasteiger partial charge >= 0.3 is 0 Å². The standard InChI is InChI=1S/C9H17ClO3S/c1-14(11,12)6-2-3-8-7-13-5-4-9(8)10/h8-9H,2-7H2,1H3. The third-order valence-electron chi connectivity index (χ3n) is 2.47. The quantitative estimate of drug-likeness (QED) is 0.699. The molecule has 14 heavy (non-hydrogen) atoms. The van der Waals surface area contributed by atoms with Gasteiger partial charge < -0.3 is 4.74 Å². The average Bonchev–Trinajstić information content (AvgIpc) is 2.06. The highest BCUT2D eigenvalue weighted by Gasteiger charge is 2.23. The van der Waals surface area contributed by atoms with Crippen molar-refractivity contribution >= 4 is 21.4 Å². The SMILES string of the molecule is CS(=O)(=O)CCCC1COCCC1Cl. The van der Waals surface area contributed by atoms with Gasteiger partial charge in [0.1, 0.15) is 9.84 Å². The van der Waals surface area contributed by atoms with Crippen LogP contribution in [0.15, 0.2) is 0 Å². The fraction of sp³-hybridized carbons (Fsp3) is 1.00. The molecular weight excluding hydrogens is 224 g/mol. The molecule has 1 aliphatic rings. The Hall–Kier alpha value is 0.200. The molecule has 84 valence electrons. The van der Waals surface area contributed by atoms with Gasteiger partial charge in [-0.15, -0.1) is 11.6 Å². The van der Waals surface area contributed by atoms with E-state index in [1.165, 1.54) is 6.26 Å². The molecule has 1 aliphatic heterocycles. The van der Waals surface area contributed by atoms with Crippen molar-refractivity contribution in [2.75, 3.05) is 25.2 Å². The Morgan fingerprint density at radius 2 is 2.21 bits per heavy atom. The molecule has 0 spiro atoms. The van der Waals surface area contributed by atoms with Gasteiger partial charge in [0.05, 0.1) is 6.61 Å². The third-order valence-corrected chi connectivity index (χ3v) is 4.08. The summed E-state index contributed by atoms with van der Waals surface area (Å²) in [6.07, 6.45) is 3.69. The normalized spacial score (nSPS) is 29.0. The number of sulfone groups is 1. The number of halogens is 1. The molecule has 0 aliphatic carbocycles. The van der Waals surface area contributed by atoms with Crippen LogP contribution in [-0.4, -0.2) is 39.0 Å². The van der Waals surface area contributed by atoms with Crippen molar-refractivity contribution in [3.05, 3.63) is 0 Å². The minimum absolute atomic E-state index is 0.156. The Labute approximate surface area is 90.7 Å². The van der Waals surface area contributed by atoms with Gasteiger partial charge in [0, 0.05) is 24.0 Å². The third kappa shape index (κ3) is 4.62. The zero-order valence-corrected chi connectivity index (χ0v) is 9.98. The van der Waals surface area contributed by atoms with Crippen molar-refractivity contribution in [2.24, 2.45) is 5.92 Å². The molecular formula is C9H17ClO3S. The zero-order chi connectivity index (χ0) is 10.6. The largest absolute Gasteiger partial charge is 0.381 e. The van der Waals surface area contributed by atoms with Crippen LogP contribution < -0.4 is 0 Å². The van der Waals surface area contributed by atoms with Crippen molar-refractivity contribution in [3.8, 4) is 0 Å². The molecule has 2 atom stereocenters. The lowest BCUT2D eigenvalue weighted by molar-refractivity contribution is 0.0543. The van der Waals surface area contributed by atoms with Gasteiger partial charge in [-0.3, -0.25) is 0 Å². The predicted octanol–water partition coefficient (Wildman–Crippen LogP) is 1.46. The number of hydrogen-bond donors (Lipinski definition) is 0. The molecule has 0 bridgehead atoms. The molecule has 2 unspecified atom stereocenters. The summed E-state index contributed by atoms with van der Waals surface area (Å²) in [5.74, 6) is 0.583. The maximum atomic E-state index is 10.9. The van der Waals surface area contributed by atoms with Crippen LogP contribution >= 0.6 is 11.6 Å². The van der Waals surface area contributed by atoms with E-state index in [2.05, 4.69) is 0 Å². The van der Waals surface area contributed by atoms with Crippen LogP contribution in [0, 0.1) is 5.92 Å². The van der Waals surface area contributed by atoms with Crippen LogP contribution in [-0.2, 0) is 14.6 Å². The molecule has 3 nitrogen and oxygen atoms in total. The molecule has 1 rings (SSSR count). The second kappa shape index (κ2) is 5.33. The minimum atomic E-state index is -2.83. The topological polar surface area (TPSA) is 43.4 Å². The van der Waals surface area contributed by atoms with E-state index in [1.807, 2.05) is 0 Å². The summed E-state index contributed by atoms with van der Waals surface area (Å²) in [6, 6.07) is 0. The van der Waals surface area contributed by atoms with E-state index in [9.17, 15) is 8.42 Å². The molecule has 1 saturated heterocycles. The summed E-state index contributed by atoms with van der Waals surface area (Å²) in [4.78, 5) is 0. The second-order valence-electron chi connectivity index (χ2n) is 3.91. The second-order valence-corrected chi connectivity index (χ2v) is 6.73. The molecule has 1 fully saturated rings. The summed E-state index contributed by atoms with van der Waals surface area (Å²) in [5.41, 5.74) is 0. The Bertz CT molecular complexity index is 263. The van der Waals surface area contributed by atoms with Gasteiger partial charge in [-0.2, -0.15) is 0 Å². The smallest absolute Gasteiger partial charge is 0.147 e. The highest BCUT2D eigenvalue weighted by atomic mass is 35.5. The lowest BCUT2D eigenvalue weighted by atomic mass is 9.97. The zero-order valence-electron chi connectivity index (χ0n) is 8.41. The Balaban J connectivity index is 2.23. The monoisotopic (exact) mass is 240 g/mol. The van der Waals surface area contributed by atoms with E-state index >= 15 is 0 Å². The molecule has 0 aromatic heterocycles. The van der Waals surface area contributed by atoms with Crippen molar-refractivity contribution in [1.82, 2.24) is 0 Å². The van der Waals surface area contributed by atoms with Crippen LogP contribution in [0.4, 0.5) is 0 Å². The van der Waals surface area contributed by atoms with Gasteiger partial charge in [-0.25, -0.2) is 8.42 Å². The van der Waals surface area contributed by atoms with Crippen molar-refractivity contribution in [3.63, 3.8) is 0 Å². The molecule has 0 N–H and O–H groups in total. The maximum absolute atomic E-state index is 10.9. The summed E-state index contributed by atoms with van der Waals surface area (Å²) in [6.45, 7) is 1.41. The van der Waals surface area contributed by atoms with E-state index in [1.54, 1.807) is 0 Å². The van der Waals surface area contributed by atoms with Crippen molar-refractivity contribution in [1.29, 1.82) is 0 Å². The van der Waals surface area contributed by atoms with Gasteiger partial charge in [0.15, 0.2) is 0 Å². The van der Waals surface area contributed by atoms with Gasteiger partial charge in [0.25, 0.3) is 0 Å². The van der Waals surface area contributed by atoms with E-state index in [0.717, 1.165) is 19.4 Å². The first-order chi connectivity index (χ1) is 6.49. The molecule has 0 amide bonds. The lowest BCUT2D eigenvalue weighted by Gasteiger charge is -2.26. The van der Waals surface area contributed by atoms with Crippen LogP contribution in [0.2, 0.25) is 0 Å². The van der Waals surface area contributed by atoms with E-state index < -0.39 is 9.84 Å². The summed E-state index contributed by atoms with van der Waals surface area (Å²) < 4.78 is 27.1. The fourth-order valence-corrected chi connectivity index (χ4v) is 2.62. The van der Waals surface area contributed by atoms with Crippen LogP contribution in [0.1, 0.15) is 19.3 Å². The predicted molar refractivity (Wildman–Crippen MR) is 57.5 cm³/mol. The first-order valence-corrected chi connectivity index (χ1v) is 7.38. The summed E-state index contributed by atoms with van der Waals surface area (Å²) >= 11 is 6.10. The number of alkyl halides is 1. The lowest BCUT2D eigenvalue weighted by Crippen LogP contribution is -2.28. The first-order valence-electron chi connectivity index (χ1n) is 4.88. The number of hydrogen-bond acceptors (Lipinski definition) is 3. The fourth-order valence-electron chi connectivity index (χ4n) is 1.64. The highest BCUT2D eigenvalue weighted by Crippen LogP contribution is 2.24. The molecule has 0 saturated carbocycles. The van der Waals surface area contributed by atoms with Gasteiger partial charge in [-0.1, -0.05) is 0 Å². The van der Waals surface area contributed by atoms with E-state index in [-0.39, 0.29) is 11.1 Å². The molecule has 0 aromatic carbocycles. The van der Waals surface area contributed by atoms with Crippen molar-refractivity contribution < 1.29 is 13.2 Å². The van der Waals surface area contributed by atoms with Crippen molar-refractivity contribution in [2.45, 2.75) is 24.6 Å². The number of rotatable bonds is 4. The minimum Gasteiger partial charge on any atom is -0.381 e. The van der Waals surface area contributed by atoms with Crippen LogP contribution in [0.5, 0.6) is 0 Å². The molecule has 1 heterocycles.